The molecule has 3 N–H and O–H groups in total. The molecule has 3 aromatic rings. The molecule has 2 aliphatic rings. The van der Waals surface area contributed by atoms with Crippen LogP contribution in [-0.2, 0) is 6.42 Å². The van der Waals surface area contributed by atoms with Gasteiger partial charge in [-0.1, -0.05) is 56.3 Å². The average molecular weight is 382 g/mol. The van der Waals surface area contributed by atoms with Crippen LogP contribution in [0.4, 0.5) is 0 Å². The lowest BCUT2D eigenvalue weighted by Gasteiger charge is -2.20. The van der Waals surface area contributed by atoms with Crippen molar-refractivity contribution in [2.45, 2.75) is 38.5 Å². The largest absolute Gasteiger partial charge is 0.384 e. The first kappa shape index (κ1) is 18.1. The van der Waals surface area contributed by atoms with Crippen LogP contribution in [0.3, 0.4) is 0 Å². The molecule has 1 heterocycles. The summed E-state index contributed by atoms with van der Waals surface area (Å²) in [5, 5.41) is 9.99. The first-order chi connectivity index (χ1) is 14.0. The first-order valence-corrected chi connectivity index (χ1v) is 10.6. The number of aliphatic imine (C=N–C) groups is 1. The maximum atomic E-state index is 7.63. The molecule has 0 bridgehead atoms. The van der Waals surface area contributed by atoms with E-state index in [0.29, 0.717) is 17.8 Å². The number of hydrogen-bond donors (Lipinski definition) is 2. The maximum Gasteiger partial charge on any atom is 0.122 e. The second-order valence-corrected chi connectivity index (χ2v) is 8.77. The Hall–Kier alpha value is -2.94. The topological polar surface area (TPSA) is 62.2 Å². The molecular weight excluding hydrogens is 354 g/mol. The lowest BCUT2D eigenvalue weighted by Crippen LogP contribution is -2.18. The highest BCUT2D eigenvalue weighted by Gasteiger charge is 2.40. The highest BCUT2D eigenvalue weighted by Crippen LogP contribution is 2.55. The summed E-state index contributed by atoms with van der Waals surface area (Å²) in [7, 11) is 0. The van der Waals surface area contributed by atoms with Gasteiger partial charge in [0.1, 0.15) is 5.84 Å². The van der Waals surface area contributed by atoms with E-state index >= 15 is 0 Å². The van der Waals surface area contributed by atoms with Crippen LogP contribution in [0.15, 0.2) is 59.6 Å². The van der Waals surface area contributed by atoms with Gasteiger partial charge < -0.3 is 5.73 Å². The molecule has 1 saturated carbocycles. The molecule has 0 radical (unpaired) electrons. The standard InChI is InChI=1S/C26H27N3/c1-15(2)25-24-13-20(6-3-16(24)9-10-29-25)23-14-22(23)19-7-4-18-12-21(26(27)28)8-5-17(18)11-19/h3-8,11-13,15,22-23H,9-10,14H2,1-2H3,(H3,27,28)/t22?,23-/m0/s1. The van der Waals surface area contributed by atoms with E-state index in [4.69, 9.17) is 16.1 Å². The molecule has 0 spiro atoms. The second-order valence-electron chi connectivity index (χ2n) is 8.77. The molecule has 1 aliphatic carbocycles. The zero-order chi connectivity index (χ0) is 20.1. The molecule has 2 atom stereocenters. The van der Waals surface area contributed by atoms with E-state index in [0.717, 1.165) is 23.9 Å². The van der Waals surface area contributed by atoms with E-state index in [9.17, 15) is 0 Å². The zero-order valence-corrected chi connectivity index (χ0v) is 17.1. The van der Waals surface area contributed by atoms with Crippen LogP contribution in [0.1, 0.15) is 59.9 Å². The van der Waals surface area contributed by atoms with E-state index in [1.807, 2.05) is 12.1 Å². The van der Waals surface area contributed by atoms with Crippen LogP contribution in [0.2, 0.25) is 0 Å². The quantitative estimate of drug-likeness (QED) is 0.461. The SMILES string of the molecule is CC(C)C1=NCCc2ccc([C@@H]3CC3c3ccc4cc(C(=N)N)ccc4c3)cc21. The summed E-state index contributed by atoms with van der Waals surface area (Å²) in [6.45, 7) is 5.41. The fourth-order valence-corrected chi connectivity index (χ4v) is 4.75. The zero-order valence-electron chi connectivity index (χ0n) is 17.1. The third-order valence-corrected chi connectivity index (χ3v) is 6.44. The summed E-state index contributed by atoms with van der Waals surface area (Å²) in [4.78, 5) is 4.81. The minimum atomic E-state index is 0.120. The van der Waals surface area contributed by atoms with Crippen molar-refractivity contribution < 1.29 is 0 Å². The minimum absolute atomic E-state index is 0.120. The van der Waals surface area contributed by atoms with E-state index in [1.165, 1.54) is 39.8 Å². The normalized spacial score (nSPS) is 20.4. The predicted molar refractivity (Wildman–Crippen MR) is 121 cm³/mol. The van der Waals surface area contributed by atoms with Crippen molar-refractivity contribution in [1.29, 1.82) is 5.41 Å². The molecule has 0 amide bonds. The van der Waals surface area contributed by atoms with Crippen LogP contribution in [0.25, 0.3) is 10.8 Å². The van der Waals surface area contributed by atoms with Gasteiger partial charge in [0.25, 0.3) is 0 Å². The Morgan fingerprint density at radius 1 is 0.966 bits per heavy atom. The molecule has 1 unspecified atom stereocenters. The summed E-state index contributed by atoms with van der Waals surface area (Å²) >= 11 is 0. The van der Waals surface area contributed by atoms with Gasteiger partial charge in [-0.2, -0.15) is 0 Å². The Labute approximate surface area is 172 Å². The van der Waals surface area contributed by atoms with Gasteiger partial charge in [0.05, 0.1) is 0 Å². The van der Waals surface area contributed by atoms with Crippen molar-refractivity contribution in [3.05, 3.63) is 82.4 Å². The molecule has 1 aliphatic heterocycles. The number of fused-ring (bicyclic) bond motifs is 2. The van der Waals surface area contributed by atoms with Crippen molar-refractivity contribution in [3.8, 4) is 0 Å². The van der Waals surface area contributed by atoms with Crippen LogP contribution in [0.5, 0.6) is 0 Å². The fourth-order valence-electron chi connectivity index (χ4n) is 4.75. The number of amidine groups is 1. The summed E-state index contributed by atoms with van der Waals surface area (Å²) in [5.74, 6) is 1.78. The summed E-state index contributed by atoms with van der Waals surface area (Å²) in [5.41, 5.74) is 13.4. The molecule has 146 valence electrons. The number of nitrogen functional groups attached to an aromatic ring is 1. The Kier molecular flexibility index (Phi) is 4.27. The van der Waals surface area contributed by atoms with E-state index in [-0.39, 0.29) is 5.84 Å². The number of hydrogen-bond acceptors (Lipinski definition) is 2. The molecule has 0 saturated heterocycles. The highest BCUT2D eigenvalue weighted by atomic mass is 14.8. The van der Waals surface area contributed by atoms with Crippen molar-refractivity contribution in [1.82, 2.24) is 0 Å². The summed E-state index contributed by atoms with van der Waals surface area (Å²) in [6.07, 6.45) is 2.27. The molecule has 3 heteroatoms. The van der Waals surface area contributed by atoms with Gasteiger partial charge in [-0.15, -0.1) is 0 Å². The lowest BCUT2D eigenvalue weighted by molar-refractivity contribution is 0.837. The fraction of sp³-hybridized carbons (Fsp3) is 0.308. The van der Waals surface area contributed by atoms with E-state index in [2.05, 4.69) is 56.3 Å². The van der Waals surface area contributed by atoms with Crippen molar-refractivity contribution in [2.75, 3.05) is 6.54 Å². The lowest BCUT2D eigenvalue weighted by atomic mass is 9.89. The number of nitrogens with zero attached hydrogens (tertiary/aromatic N) is 1. The molecule has 5 rings (SSSR count). The predicted octanol–water partition coefficient (Wildman–Crippen LogP) is 5.40. The van der Waals surface area contributed by atoms with Gasteiger partial charge >= 0.3 is 0 Å². The summed E-state index contributed by atoms with van der Waals surface area (Å²) in [6, 6.07) is 19.8. The Bertz CT molecular complexity index is 1160. The van der Waals surface area contributed by atoms with Gasteiger partial charge in [-0.25, -0.2) is 0 Å². The first-order valence-electron chi connectivity index (χ1n) is 10.6. The molecule has 29 heavy (non-hydrogen) atoms. The van der Waals surface area contributed by atoms with E-state index in [1.54, 1.807) is 0 Å². The molecule has 3 nitrogen and oxygen atoms in total. The molecule has 0 aromatic heterocycles. The van der Waals surface area contributed by atoms with Crippen LogP contribution in [-0.4, -0.2) is 18.1 Å². The van der Waals surface area contributed by atoms with Crippen molar-refractivity contribution in [3.63, 3.8) is 0 Å². The van der Waals surface area contributed by atoms with Crippen molar-refractivity contribution >= 4 is 22.3 Å². The minimum Gasteiger partial charge on any atom is -0.384 e. The smallest absolute Gasteiger partial charge is 0.122 e. The van der Waals surface area contributed by atoms with Crippen LogP contribution < -0.4 is 5.73 Å². The number of benzene rings is 3. The van der Waals surface area contributed by atoms with Gasteiger partial charge in [0.2, 0.25) is 0 Å². The Morgan fingerprint density at radius 2 is 1.66 bits per heavy atom. The number of nitrogens with two attached hydrogens (primary N) is 1. The number of rotatable bonds is 4. The molecular formula is C26H27N3. The highest BCUT2D eigenvalue weighted by molar-refractivity contribution is 6.04. The second kappa shape index (κ2) is 6.84. The monoisotopic (exact) mass is 381 g/mol. The molecule has 3 aromatic carbocycles. The summed E-state index contributed by atoms with van der Waals surface area (Å²) < 4.78 is 0. The van der Waals surface area contributed by atoms with E-state index < -0.39 is 0 Å². The number of nitrogens with one attached hydrogen (secondary N) is 1. The van der Waals surface area contributed by atoms with Gasteiger partial charge in [-0.05, 0) is 75.8 Å². The maximum absolute atomic E-state index is 7.63. The van der Waals surface area contributed by atoms with Crippen molar-refractivity contribution in [2.24, 2.45) is 16.6 Å². The van der Waals surface area contributed by atoms with Crippen LogP contribution >= 0.6 is 0 Å². The van der Waals surface area contributed by atoms with Gasteiger partial charge in [-0.3, -0.25) is 10.4 Å². The Balaban J connectivity index is 1.42. The Morgan fingerprint density at radius 3 is 2.41 bits per heavy atom. The third-order valence-electron chi connectivity index (χ3n) is 6.44. The average Bonchev–Trinajstić information content (AvgIpc) is 3.53. The molecule has 1 fully saturated rings. The van der Waals surface area contributed by atoms with Gasteiger partial charge in [0, 0.05) is 17.8 Å². The van der Waals surface area contributed by atoms with Crippen LogP contribution in [0, 0.1) is 11.3 Å². The third kappa shape index (κ3) is 3.25. The van der Waals surface area contributed by atoms with Gasteiger partial charge in [0.15, 0.2) is 0 Å².